The molecular weight excluding hydrogens is 313 g/mol. The Hall–Kier alpha value is -1.43. The van der Waals surface area contributed by atoms with Gasteiger partial charge in [-0.25, -0.2) is 17.5 Å². The summed E-state index contributed by atoms with van der Waals surface area (Å²) >= 11 is 5.80. The Balaban J connectivity index is 2.06. The van der Waals surface area contributed by atoms with Gasteiger partial charge in [0.15, 0.2) is 0 Å². The standard InChI is InChI=1S/C15H15ClFNO2S/c1-11(13-4-6-14(16)7-5-13)18-21(19,20)10-12-2-8-15(17)9-3-12/h2-9,11,18H,10H2,1H3. The molecule has 0 aliphatic rings. The molecule has 3 nitrogen and oxygen atoms in total. The van der Waals surface area contributed by atoms with Gasteiger partial charge in [-0.15, -0.1) is 0 Å². The third kappa shape index (κ3) is 4.81. The third-order valence-electron chi connectivity index (χ3n) is 3.00. The molecule has 0 saturated heterocycles. The van der Waals surface area contributed by atoms with E-state index in [1.54, 1.807) is 31.2 Å². The van der Waals surface area contributed by atoms with E-state index in [0.29, 0.717) is 10.6 Å². The maximum absolute atomic E-state index is 12.8. The maximum Gasteiger partial charge on any atom is 0.216 e. The first-order valence-electron chi connectivity index (χ1n) is 6.36. The fourth-order valence-electron chi connectivity index (χ4n) is 1.93. The normalized spacial score (nSPS) is 13.1. The fraction of sp³-hybridized carbons (Fsp3) is 0.200. The Bertz CT molecular complexity index is 699. The van der Waals surface area contributed by atoms with Crippen LogP contribution in [0.4, 0.5) is 4.39 Å². The number of sulfonamides is 1. The second-order valence-electron chi connectivity index (χ2n) is 4.78. The second-order valence-corrected chi connectivity index (χ2v) is 6.97. The van der Waals surface area contributed by atoms with E-state index in [1.165, 1.54) is 24.3 Å². The summed E-state index contributed by atoms with van der Waals surface area (Å²) in [6, 6.07) is 12.0. The molecule has 0 radical (unpaired) electrons. The summed E-state index contributed by atoms with van der Waals surface area (Å²) in [6.07, 6.45) is 0. The van der Waals surface area contributed by atoms with Crippen LogP contribution in [0.25, 0.3) is 0 Å². The van der Waals surface area contributed by atoms with Gasteiger partial charge in [0.1, 0.15) is 5.82 Å². The van der Waals surface area contributed by atoms with E-state index in [4.69, 9.17) is 11.6 Å². The minimum absolute atomic E-state index is 0.189. The molecule has 2 aromatic carbocycles. The van der Waals surface area contributed by atoms with E-state index in [9.17, 15) is 12.8 Å². The van der Waals surface area contributed by atoms with Crippen LogP contribution in [0.2, 0.25) is 5.02 Å². The molecule has 112 valence electrons. The van der Waals surface area contributed by atoms with Gasteiger partial charge in [0.25, 0.3) is 0 Å². The van der Waals surface area contributed by atoms with E-state index in [1.807, 2.05) is 0 Å². The number of hydrogen-bond acceptors (Lipinski definition) is 2. The predicted molar refractivity (Wildman–Crippen MR) is 82.0 cm³/mol. The lowest BCUT2D eigenvalue weighted by atomic mass is 10.1. The molecule has 2 rings (SSSR count). The highest BCUT2D eigenvalue weighted by molar-refractivity contribution is 7.88. The molecule has 21 heavy (non-hydrogen) atoms. The first-order valence-corrected chi connectivity index (χ1v) is 8.39. The minimum Gasteiger partial charge on any atom is -0.212 e. The zero-order valence-electron chi connectivity index (χ0n) is 11.4. The third-order valence-corrected chi connectivity index (χ3v) is 4.67. The first kappa shape index (κ1) is 15.9. The fourth-order valence-corrected chi connectivity index (χ4v) is 3.45. The van der Waals surface area contributed by atoms with Crippen LogP contribution in [0.3, 0.4) is 0 Å². The van der Waals surface area contributed by atoms with Crippen molar-refractivity contribution >= 4 is 21.6 Å². The summed E-state index contributed by atoms with van der Waals surface area (Å²) in [6.45, 7) is 1.76. The van der Waals surface area contributed by atoms with Crippen LogP contribution in [0.15, 0.2) is 48.5 Å². The lowest BCUT2D eigenvalue weighted by Gasteiger charge is -2.14. The van der Waals surface area contributed by atoms with Gasteiger partial charge in [-0.05, 0) is 42.3 Å². The van der Waals surface area contributed by atoms with Crippen LogP contribution in [-0.4, -0.2) is 8.42 Å². The highest BCUT2D eigenvalue weighted by atomic mass is 35.5. The van der Waals surface area contributed by atoms with E-state index >= 15 is 0 Å². The average molecular weight is 328 g/mol. The van der Waals surface area contributed by atoms with Crippen molar-refractivity contribution in [1.29, 1.82) is 0 Å². The van der Waals surface area contributed by atoms with E-state index in [0.717, 1.165) is 5.56 Å². The van der Waals surface area contributed by atoms with Crippen molar-refractivity contribution in [2.45, 2.75) is 18.7 Å². The summed E-state index contributed by atoms with van der Waals surface area (Å²) in [5, 5.41) is 0.597. The highest BCUT2D eigenvalue weighted by Crippen LogP contribution is 2.17. The average Bonchev–Trinajstić information content (AvgIpc) is 2.41. The van der Waals surface area contributed by atoms with Crippen molar-refractivity contribution in [2.24, 2.45) is 0 Å². The van der Waals surface area contributed by atoms with Crippen LogP contribution in [-0.2, 0) is 15.8 Å². The van der Waals surface area contributed by atoms with Crippen LogP contribution < -0.4 is 4.72 Å². The van der Waals surface area contributed by atoms with Crippen LogP contribution in [0, 0.1) is 5.82 Å². The molecule has 2 aromatic rings. The SMILES string of the molecule is CC(NS(=O)(=O)Cc1ccc(F)cc1)c1ccc(Cl)cc1. The number of hydrogen-bond donors (Lipinski definition) is 1. The largest absolute Gasteiger partial charge is 0.216 e. The van der Waals surface area contributed by atoms with Gasteiger partial charge in [0.2, 0.25) is 10.0 Å². The maximum atomic E-state index is 12.8. The second kappa shape index (κ2) is 6.56. The first-order chi connectivity index (χ1) is 9.85. The van der Waals surface area contributed by atoms with Gasteiger partial charge in [0, 0.05) is 11.1 Å². The summed E-state index contributed by atoms with van der Waals surface area (Å²) < 4.78 is 39.6. The Morgan fingerprint density at radius 2 is 1.67 bits per heavy atom. The number of nitrogens with one attached hydrogen (secondary N) is 1. The Labute approximate surface area is 128 Å². The topological polar surface area (TPSA) is 46.2 Å². The van der Waals surface area contributed by atoms with Crippen molar-refractivity contribution in [2.75, 3.05) is 0 Å². The molecule has 0 aliphatic heterocycles. The van der Waals surface area contributed by atoms with E-state index in [-0.39, 0.29) is 11.8 Å². The molecule has 6 heteroatoms. The lowest BCUT2D eigenvalue weighted by Crippen LogP contribution is -2.28. The van der Waals surface area contributed by atoms with E-state index < -0.39 is 15.8 Å². The van der Waals surface area contributed by atoms with Gasteiger partial charge in [-0.2, -0.15) is 0 Å². The Kier molecular flexibility index (Phi) is 4.98. The van der Waals surface area contributed by atoms with Crippen LogP contribution in [0.1, 0.15) is 24.1 Å². The molecule has 0 aromatic heterocycles. The van der Waals surface area contributed by atoms with Gasteiger partial charge >= 0.3 is 0 Å². The summed E-state index contributed by atoms with van der Waals surface area (Å²) in [7, 11) is -3.51. The van der Waals surface area contributed by atoms with Crippen LogP contribution >= 0.6 is 11.6 Å². The zero-order chi connectivity index (χ0) is 15.5. The minimum atomic E-state index is -3.51. The molecule has 1 N–H and O–H groups in total. The van der Waals surface area contributed by atoms with Crippen molar-refractivity contribution in [1.82, 2.24) is 4.72 Å². The molecule has 1 atom stereocenters. The van der Waals surface area contributed by atoms with Crippen molar-refractivity contribution < 1.29 is 12.8 Å². The Morgan fingerprint density at radius 1 is 1.10 bits per heavy atom. The molecule has 0 aliphatic carbocycles. The number of rotatable bonds is 5. The highest BCUT2D eigenvalue weighted by Gasteiger charge is 2.16. The van der Waals surface area contributed by atoms with Gasteiger partial charge < -0.3 is 0 Å². The molecule has 0 amide bonds. The Morgan fingerprint density at radius 3 is 2.24 bits per heavy atom. The van der Waals surface area contributed by atoms with E-state index in [2.05, 4.69) is 4.72 Å². The molecule has 0 fully saturated rings. The van der Waals surface area contributed by atoms with Crippen molar-refractivity contribution in [3.63, 3.8) is 0 Å². The predicted octanol–water partition coefficient (Wildman–Crippen LogP) is 3.66. The number of halogens is 2. The summed E-state index contributed by atoms with van der Waals surface area (Å²) in [5.74, 6) is -0.579. The lowest BCUT2D eigenvalue weighted by molar-refractivity contribution is 0.566. The van der Waals surface area contributed by atoms with Crippen LogP contribution in [0.5, 0.6) is 0 Å². The van der Waals surface area contributed by atoms with Gasteiger partial charge in [-0.3, -0.25) is 0 Å². The molecule has 0 saturated carbocycles. The van der Waals surface area contributed by atoms with Gasteiger partial charge in [0.05, 0.1) is 5.75 Å². The molecule has 0 heterocycles. The summed E-state index contributed by atoms with van der Waals surface area (Å²) in [4.78, 5) is 0. The molecule has 1 unspecified atom stereocenters. The smallest absolute Gasteiger partial charge is 0.212 e. The zero-order valence-corrected chi connectivity index (χ0v) is 13.0. The van der Waals surface area contributed by atoms with Gasteiger partial charge in [-0.1, -0.05) is 35.9 Å². The molecule has 0 bridgehead atoms. The quantitative estimate of drug-likeness (QED) is 0.911. The number of benzene rings is 2. The van der Waals surface area contributed by atoms with Crippen molar-refractivity contribution in [3.8, 4) is 0 Å². The molecule has 0 spiro atoms. The molecular formula is C15H15ClFNO2S. The monoisotopic (exact) mass is 327 g/mol. The summed E-state index contributed by atoms with van der Waals surface area (Å²) in [5.41, 5.74) is 1.36. The van der Waals surface area contributed by atoms with Crippen molar-refractivity contribution in [3.05, 3.63) is 70.5 Å².